The van der Waals surface area contributed by atoms with Gasteiger partial charge in [0.25, 0.3) is 0 Å². The Bertz CT molecular complexity index is 153. The molecule has 9 heavy (non-hydrogen) atoms. The predicted octanol–water partition coefficient (Wildman–Crippen LogP) is 0.248. The topological polar surface area (TPSA) is 34.1 Å². The van der Waals surface area contributed by atoms with Crippen LogP contribution in [0.4, 0.5) is 0 Å². The molecule has 0 bridgehead atoms. The van der Waals surface area contributed by atoms with E-state index >= 15 is 0 Å². The van der Waals surface area contributed by atoms with Gasteiger partial charge in [0.05, 0.1) is 0 Å². The van der Waals surface area contributed by atoms with Crippen LogP contribution in [0, 0.1) is 0 Å². The SMILES string of the molecule is O=C1C=CC(=O)C=C1.[Ir]. The summed E-state index contributed by atoms with van der Waals surface area (Å²) in [5, 5.41) is 0. The van der Waals surface area contributed by atoms with E-state index in [0.29, 0.717) is 0 Å². The van der Waals surface area contributed by atoms with Crippen LogP contribution in [0.1, 0.15) is 0 Å². The van der Waals surface area contributed by atoms with Gasteiger partial charge < -0.3 is 0 Å². The van der Waals surface area contributed by atoms with E-state index in [1.54, 1.807) is 0 Å². The summed E-state index contributed by atoms with van der Waals surface area (Å²) in [5.74, 6) is -0.241. The van der Waals surface area contributed by atoms with Gasteiger partial charge >= 0.3 is 0 Å². The molecule has 0 saturated heterocycles. The van der Waals surface area contributed by atoms with E-state index in [9.17, 15) is 9.59 Å². The fraction of sp³-hybridized carbons (Fsp3) is 0. The van der Waals surface area contributed by atoms with Crippen LogP contribution in [0.15, 0.2) is 24.3 Å². The second kappa shape index (κ2) is 3.49. The van der Waals surface area contributed by atoms with Gasteiger partial charge in [-0.15, -0.1) is 0 Å². The molecular weight excluding hydrogens is 296 g/mol. The molecule has 0 fully saturated rings. The van der Waals surface area contributed by atoms with Crippen LogP contribution in [0.25, 0.3) is 0 Å². The van der Waals surface area contributed by atoms with E-state index in [-0.39, 0.29) is 31.7 Å². The van der Waals surface area contributed by atoms with Crippen molar-refractivity contribution >= 4 is 11.6 Å². The van der Waals surface area contributed by atoms with Gasteiger partial charge in [0, 0.05) is 20.1 Å². The molecular formula is C6H4IrO2. The van der Waals surface area contributed by atoms with Crippen molar-refractivity contribution < 1.29 is 29.7 Å². The number of carbonyl (C=O) groups is 2. The summed E-state index contributed by atoms with van der Waals surface area (Å²) in [6, 6.07) is 0. The van der Waals surface area contributed by atoms with Gasteiger partial charge in [-0.2, -0.15) is 0 Å². The van der Waals surface area contributed by atoms with Crippen LogP contribution >= 0.6 is 0 Å². The summed E-state index contributed by atoms with van der Waals surface area (Å²) in [6.07, 6.45) is 5.01. The quantitative estimate of drug-likeness (QED) is 0.601. The van der Waals surface area contributed by atoms with Crippen LogP contribution in [-0.2, 0) is 29.7 Å². The molecule has 1 rings (SSSR count). The zero-order valence-corrected chi connectivity index (χ0v) is 6.85. The zero-order valence-electron chi connectivity index (χ0n) is 4.46. The molecule has 49 valence electrons. The van der Waals surface area contributed by atoms with Crippen LogP contribution < -0.4 is 0 Å². The Labute approximate surface area is 66.0 Å². The zero-order chi connectivity index (χ0) is 5.98. The number of hydrogen-bond acceptors (Lipinski definition) is 2. The standard InChI is InChI=1S/C6H4O2.Ir/c7-5-1-2-6(8)4-3-5;/h1-4H;. The third-order valence-electron chi connectivity index (χ3n) is 0.824. The number of ketones is 2. The third kappa shape index (κ3) is 2.49. The second-order valence-electron chi connectivity index (χ2n) is 1.47. The summed E-state index contributed by atoms with van der Waals surface area (Å²) in [4.78, 5) is 20.6. The maximum absolute atomic E-state index is 10.3. The average molecular weight is 300 g/mol. The van der Waals surface area contributed by atoms with Crippen molar-refractivity contribution in [2.75, 3.05) is 0 Å². The van der Waals surface area contributed by atoms with E-state index < -0.39 is 0 Å². The first kappa shape index (κ1) is 8.47. The van der Waals surface area contributed by atoms with Gasteiger partial charge in [-0.25, -0.2) is 0 Å². The van der Waals surface area contributed by atoms with Crippen LogP contribution in [-0.4, -0.2) is 11.6 Å². The van der Waals surface area contributed by atoms with Crippen molar-refractivity contribution in [1.29, 1.82) is 0 Å². The molecule has 0 aromatic carbocycles. The molecule has 1 radical (unpaired) electrons. The van der Waals surface area contributed by atoms with Gasteiger partial charge in [-0.3, -0.25) is 9.59 Å². The van der Waals surface area contributed by atoms with Crippen molar-refractivity contribution in [3.8, 4) is 0 Å². The minimum atomic E-state index is -0.121. The molecule has 1 aliphatic rings. The smallest absolute Gasteiger partial charge is 0.178 e. The molecule has 0 saturated carbocycles. The van der Waals surface area contributed by atoms with Crippen LogP contribution in [0.5, 0.6) is 0 Å². The fourth-order valence-corrected chi connectivity index (χ4v) is 0.440. The number of carbonyl (C=O) groups excluding carboxylic acids is 2. The minimum absolute atomic E-state index is 0. The van der Waals surface area contributed by atoms with E-state index in [4.69, 9.17) is 0 Å². The molecule has 0 amide bonds. The molecule has 0 spiro atoms. The van der Waals surface area contributed by atoms with Gasteiger partial charge in [-0.05, 0) is 24.3 Å². The largest absolute Gasteiger partial charge is 0.290 e. The van der Waals surface area contributed by atoms with Crippen molar-refractivity contribution in [2.45, 2.75) is 0 Å². The van der Waals surface area contributed by atoms with Gasteiger partial charge in [-0.1, -0.05) is 0 Å². The first-order chi connectivity index (χ1) is 3.79. The molecule has 0 unspecified atom stereocenters. The van der Waals surface area contributed by atoms with Crippen LogP contribution in [0.2, 0.25) is 0 Å². The van der Waals surface area contributed by atoms with Gasteiger partial charge in [0.2, 0.25) is 0 Å². The van der Waals surface area contributed by atoms with Crippen molar-refractivity contribution in [2.24, 2.45) is 0 Å². The number of allylic oxidation sites excluding steroid dienone is 4. The molecule has 0 aromatic rings. The van der Waals surface area contributed by atoms with E-state index in [0.717, 1.165) is 0 Å². The Morgan fingerprint density at radius 2 is 1.00 bits per heavy atom. The predicted molar refractivity (Wildman–Crippen MR) is 28.3 cm³/mol. The van der Waals surface area contributed by atoms with Gasteiger partial charge in [0.1, 0.15) is 0 Å². The van der Waals surface area contributed by atoms with E-state index in [1.165, 1.54) is 24.3 Å². The normalized spacial score (nSPS) is 15.6. The maximum atomic E-state index is 10.3. The Morgan fingerprint density at radius 3 is 1.22 bits per heavy atom. The molecule has 0 N–H and O–H groups in total. The number of hydrogen-bond donors (Lipinski definition) is 0. The van der Waals surface area contributed by atoms with E-state index in [1.807, 2.05) is 0 Å². The minimum Gasteiger partial charge on any atom is -0.290 e. The fourth-order valence-electron chi connectivity index (χ4n) is 0.440. The summed E-state index contributed by atoms with van der Waals surface area (Å²) < 4.78 is 0. The molecule has 2 nitrogen and oxygen atoms in total. The molecule has 0 aromatic heterocycles. The summed E-state index contributed by atoms with van der Waals surface area (Å²) in [7, 11) is 0. The van der Waals surface area contributed by atoms with Crippen molar-refractivity contribution in [3.63, 3.8) is 0 Å². The average Bonchev–Trinajstić information content (AvgIpc) is 1.77. The van der Waals surface area contributed by atoms with Crippen LogP contribution in [0.3, 0.4) is 0 Å². The third-order valence-corrected chi connectivity index (χ3v) is 0.824. The first-order valence-electron chi connectivity index (χ1n) is 2.23. The molecule has 1 aliphatic carbocycles. The molecule has 0 atom stereocenters. The molecule has 3 heteroatoms. The van der Waals surface area contributed by atoms with E-state index in [2.05, 4.69) is 0 Å². The summed E-state index contributed by atoms with van der Waals surface area (Å²) >= 11 is 0. The monoisotopic (exact) mass is 301 g/mol. The maximum Gasteiger partial charge on any atom is 0.178 e. The van der Waals surface area contributed by atoms with Gasteiger partial charge in [0.15, 0.2) is 11.6 Å². The molecule has 0 heterocycles. The number of rotatable bonds is 0. The summed E-state index contributed by atoms with van der Waals surface area (Å²) in [6.45, 7) is 0. The Morgan fingerprint density at radius 1 is 0.778 bits per heavy atom. The first-order valence-corrected chi connectivity index (χ1v) is 2.23. The summed E-state index contributed by atoms with van der Waals surface area (Å²) in [5.41, 5.74) is 0. The second-order valence-corrected chi connectivity index (χ2v) is 1.47. The Hall–Kier alpha value is -0.531. The Balaban J connectivity index is 0.000000640. The van der Waals surface area contributed by atoms with Crippen molar-refractivity contribution in [3.05, 3.63) is 24.3 Å². The molecule has 0 aliphatic heterocycles. The van der Waals surface area contributed by atoms with Crippen molar-refractivity contribution in [1.82, 2.24) is 0 Å². The Kier molecular flexibility index (Phi) is 3.28.